The Morgan fingerprint density at radius 3 is 1.76 bits per heavy atom. The molecule has 608 valence electrons. The van der Waals surface area contributed by atoms with Gasteiger partial charge >= 0.3 is 5.69 Å². The van der Waals surface area contributed by atoms with Crippen molar-refractivity contribution in [2.24, 2.45) is 14.1 Å². The monoisotopic (exact) mass is 1570 g/mol. The van der Waals surface area contributed by atoms with E-state index in [0.717, 1.165) is 73.9 Å². The number of benzene rings is 6. The third-order valence-corrected chi connectivity index (χ3v) is 16.9. The highest BCUT2D eigenvalue weighted by atomic mass is 32.1. The number of H-pyrrole nitrogens is 1. The summed E-state index contributed by atoms with van der Waals surface area (Å²) < 4.78 is 19.3. The van der Waals surface area contributed by atoms with Gasteiger partial charge in [-0.05, 0) is 169 Å². The number of rotatable bonds is 0. The minimum absolute atomic E-state index is 0.0573. The largest absolute Gasteiger partial charge is 0.454 e. The molecule has 0 saturated heterocycles. The number of nitrogens with one attached hydrogen (secondary N) is 2. The van der Waals surface area contributed by atoms with Crippen LogP contribution in [-0.2, 0) is 30.1 Å². The fourth-order valence-corrected chi connectivity index (χ4v) is 11.6. The zero-order valence-corrected chi connectivity index (χ0v) is 74.2. The molecular weight excluding hydrogens is 1440 g/mol. The Kier molecular flexibility index (Phi) is 51.0. The Morgan fingerprint density at radius 2 is 1.08 bits per heavy atom. The van der Waals surface area contributed by atoms with E-state index >= 15 is 0 Å². The SMILES string of the molecule is CC.CC.CC.CC.CC.CC.CC.CC.CC.CC1=CCN2C=CC=CN2C1=O.Cc1ccc2c(c1)CCC(=O)N2.Cc1ccc2c(c1)OCO2.Cc1ccc2ncccc2c1.Cc1ccc2ncsc2c1.Cc1cnc2ccccn12.Cc1cnc2sccn12.Cn1c(=O)[nH]c2ccccc21.Cn1cnc2ccccc21. The molecule has 2 amide bonds. The standard InChI is InChI=1S/C10H11NO.C10H9N.C9H10N2O.C8H8N2O.2C8H8N2.C8H7NS.C8H8O2.C6H6N2S.9C2H6/c1-7-2-4-9-8(6-7)3-5-10(12)11-9;1-8-4-5-10-9(7-8)3-2-6-11-10;1-8-4-7-10-5-2-3-6-11(10)9(8)12;1-10-7-5-3-2-4-6(7)9-8(10)11;1-10-6-9-7-4-2-3-5-8(7)10;1-7-6-9-8-4-2-3-5-10(7)8;2*1-6-2-3-7-8(4-6)10-5-9-7;1-5-4-7-6-8(5)2-3-9-6;9*1-2/h2,4,6H,3,5H2,1H3,(H,11,12);2-7H,1H3;2-6H,7H2,1H3;2-5H,1H3,(H,9,11);2*2-6H,1H3;2-5H,1H3;2-4H,5H2,1H3;2-4H,1H3;9*1-2H3. The summed E-state index contributed by atoms with van der Waals surface area (Å²) in [6.45, 7) is 51.3. The van der Waals surface area contributed by atoms with Crippen molar-refractivity contribution in [1.29, 1.82) is 0 Å². The van der Waals surface area contributed by atoms with Crippen LogP contribution in [0.5, 0.6) is 11.5 Å². The molecule has 14 aromatic rings. The molecule has 20 heteroatoms. The Morgan fingerprint density at radius 1 is 0.487 bits per heavy atom. The second-order valence-electron chi connectivity index (χ2n) is 22.6. The summed E-state index contributed by atoms with van der Waals surface area (Å²) in [5, 5.41) is 9.59. The highest BCUT2D eigenvalue weighted by Crippen LogP contribution is 2.32. The van der Waals surface area contributed by atoms with E-state index in [4.69, 9.17) is 9.47 Å². The van der Waals surface area contributed by atoms with Crippen LogP contribution in [0.1, 0.15) is 177 Å². The van der Waals surface area contributed by atoms with E-state index in [1.165, 1.54) is 54.8 Å². The third-order valence-electron chi connectivity index (χ3n) is 15.3. The normalized spacial score (nSPS) is 11.2. The fraction of sp³-hybridized carbons (Fsp3) is 0.333. The van der Waals surface area contributed by atoms with E-state index in [-0.39, 0.29) is 17.5 Å². The van der Waals surface area contributed by atoms with Crippen LogP contribution < -0.4 is 20.5 Å². The molecule has 6 aromatic carbocycles. The maximum atomic E-state index is 11.5. The molecule has 0 spiro atoms. The minimum atomic E-state index is -0.0637. The first-order valence-corrected chi connectivity index (χ1v) is 41.6. The van der Waals surface area contributed by atoms with Crippen LogP contribution in [-0.4, -0.2) is 83.0 Å². The lowest BCUT2D eigenvalue weighted by Crippen LogP contribution is -2.44. The summed E-state index contributed by atoms with van der Waals surface area (Å²) in [7, 11) is 3.75. The number of carbonyl (C=O) groups is 2. The summed E-state index contributed by atoms with van der Waals surface area (Å²) >= 11 is 3.35. The number of imidazole rings is 4. The number of amides is 2. The molecule has 12 heterocycles. The number of carbonyl (C=O) groups excluding carboxylic acids is 2. The van der Waals surface area contributed by atoms with Gasteiger partial charge in [-0.25, -0.2) is 29.7 Å². The number of hydrazine groups is 1. The topological polar surface area (TPSA) is 187 Å². The van der Waals surface area contributed by atoms with Crippen LogP contribution in [0.2, 0.25) is 0 Å². The van der Waals surface area contributed by atoms with Crippen LogP contribution >= 0.6 is 22.7 Å². The number of hydrogen-bond donors (Lipinski definition) is 2. The highest BCUT2D eigenvalue weighted by Gasteiger charge is 2.23. The van der Waals surface area contributed by atoms with E-state index in [0.29, 0.717) is 13.2 Å². The molecule has 4 aliphatic heterocycles. The third kappa shape index (κ3) is 32.2. The van der Waals surface area contributed by atoms with E-state index < -0.39 is 0 Å². The first kappa shape index (κ1) is 99.8. The maximum Gasteiger partial charge on any atom is 0.326 e. The molecule has 18 nitrogen and oxygen atoms in total. The molecule has 113 heavy (non-hydrogen) atoms. The van der Waals surface area contributed by atoms with Crippen LogP contribution in [0.15, 0.2) is 241 Å². The van der Waals surface area contributed by atoms with Crippen LogP contribution in [0.4, 0.5) is 5.69 Å². The zero-order chi connectivity index (χ0) is 84.8. The van der Waals surface area contributed by atoms with Gasteiger partial charge in [-0.15, -0.1) is 22.7 Å². The molecule has 0 aliphatic carbocycles. The lowest BCUT2D eigenvalue weighted by molar-refractivity contribution is -0.135. The number of pyridine rings is 2. The van der Waals surface area contributed by atoms with E-state index in [9.17, 15) is 14.4 Å². The lowest BCUT2D eigenvalue weighted by atomic mass is 10.0. The Bertz CT molecular complexity index is 5020. The van der Waals surface area contributed by atoms with Crippen molar-refractivity contribution in [3.63, 3.8) is 0 Å². The van der Waals surface area contributed by atoms with Gasteiger partial charge in [0.05, 0.1) is 56.2 Å². The number of aromatic nitrogens is 10. The van der Waals surface area contributed by atoms with Crippen molar-refractivity contribution in [3.8, 4) is 11.5 Å². The predicted octanol–water partition coefficient (Wildman–Crippen LogP) is 24.8. The second-order valence-corrected chi connectivity index (χ2v) is 24.3. The average molecular weight is 1570 g/mol. The van der Waals surface area contributed by atoms with Crippen molar-refractivity contribution >= 4 is 94.0 Å². The maximum absolute atomic E-state index is 11.5. The molecule has 0 atom stereocenters. The smallest absolute Gasteiger partial charge is 0.326 e. The van der Waals surface area contributed by atoms with Crippen LogP contribution in [0.25, 0.3) is 53.8 Å². The number of para-hydroxylation sites is 4. The molecule has 0 fully saturated rings. The summed E-state index contributed by atoms with van der Waals surface area (Å²) in [5.74, 6) is 1.90. The summed E-state index contributed by atoms with van der Waals surface area (Å²) in [4.78, 5) is 58.3. The molecule has 0 bridgehead atoms. The summed E-state index contributed by atoms with van der Waals surface area (Å²) in [5.41, 5.74) is 19.5. The van der Waals surface area contributed by atoms with Gasteiger partial charge in [0, 0.05) is 97.3 Å². The number of aromatic amines is 1. The van der Waals surface area contributed by atoms with Crippen molar-refractivity contribution in [3.05, 3.63) is 286 Å². The van der Waals surface area contributed by atoms with Gasteiger partial charge in [0.1, 0.15) is 5.65 Å². The summed E-state index contributed by atoms with van der Waals surface area (Å²) in [6, 6.07) is 50.3. The molecule has 0 saturated carbocycles. The molecule has 4 aliphatic rings. The Balaban J connectivity index is 0.000000620. The molecule has 8 aromatic heterocycles. The number of allylic oxidation sites excluding steroid dienone is 2. The number of thiazole rings is 2. The van der Waals surface area contributed by atoms with Gasteiger partial charge in [0.25, 0.3) is 5.91 Å². The number of fused-ring (bicyclic) bond motifs is 9. The number of ether oxygens (including phenoxy) is 2. The van der Waals surface area contributed by atoms with Crippen molar-refractivity contribution in [2.75, 3.05) is 18.7 Å². The average Bonchev–Trinajstić information content (AvgIpc) is 1.65. The Labute approximate surface area is 682 Å². The van der Waals surface area contributed by atoms with Crippen LogP contribution in [0, 0.1) is 41.5 Å². The summed E-state index contributed by atoms with van der Waals surface area (Å²) in [6.07, 6.45) is 22.3. The molecule has 0 unspecified atom stereocenters. The number of hydrogen-bond acceptors (Lipinski definition) is 13. The Hall–Kier alpha value is -11.2. The number of anilines is 1. The zero-order valence-electron chi connectivity index (χ0n) is 72.5. The van der Waals surface area contributed by atoms with E-state index in [2.05, 4.69) is 113 Å². The first-order valence-electron chi connectivity index (χ1n) is 39.8. The van der Waals surface area contributed by atoms with Crippen molar-refractivity contribution < 1.29 is 19.1 Å². The van der Waals surface area contributed by atoms with Crippen LogP contribution in [0.3, 0.4) is 0 Å². The van der Waals surface area contributed by atoms with Gasteiger partial charge in [-0.2, -0.15) is 0 Å². The lowest BCUT2D eigenvalue weighted by Gasteiger charge is -2.35. The second kappa shape index (κ2) is 57.8. The first-order chi connectivity index (χ1) is 55.0. The van der Waals surface area contributed by atoms with Gasteiger partial charge < -0.3 is 28.7 Å². The van der Waals surface area contributed by atoms with E-state index in [1.54, 1.807) is 45.5 Å². The fourth-order valence-electron chi connectivity index (χ4n) is 10.1. The van der Waals surface area contributed by atoms with Crippen molar-refractivity contribution in [2.45, 2.75) is 186 Å². The van der Waals surface area contributed by atoms with Gasteiger partial charge in [0.15, 0.2) is 16.5 Å². The van der Waals surface area contributed by atoms with Gasteiger partial charge in [-0.3, -0.25) is 28.5 Å². The van der Waals surface area contributed by atoms with Crippen molar-refractivity contribution in [1.82, 2.24) is 57.9 Å². The molecular formula is C93H129N13O5S2. The van der Waals surface area contributed by atoms with E-state index in [1.807, 2.05) is 345 Å². The van der Waals surface area contributed by atoms with Gasteiger partial charge in [0.2, 0.25) is 12.7 Å². The number of aryl methyl sites for hydroxylation is 9. The predicted molar refractivity (Wildman–Crippen MR) is 486 cm³/mol. The molecule has 2 N–H and O–H groups in total. The number of nitrogens with zero attached hydrogens (tertiary/aromatic N) is 11. The van der Waals surface area contributed by atoms with Gasteiger partial charge in [-0.1, -0.05) is 209 Å². The molecule has 18 rings (SSSR count). The molecule has 0 radical (unpaired) electrons. The minimum Gasteiger partial charge on any atom is -0.454 e. The highest BCUT2D eigenvalue weighted by molar-refractivity contribution is 7.16. The quantitative estimate of drug-likeness (QED) is 0.147.